The number of benzene rings is 2. The molecular weight excluding hydrogens is 380 g/mol. The molecule has 6 nitrogen and oxygen atoms in total. The number of halogens is 2. The fourth-order valence-corrected chi connectivity index (χ4v) is 3.25. The molecule has 2 aromatic carbocycles. The van der Waals surface area contributed by atoms with E-state index in [0.717, 1.165) is 12.0 Å². The molecule has 1 aliphatic heterocycles. The number of anilines is 1. The Bertz CT molecular complexity index is 901. The first kappa shape index (κ1) is 20.6. The summed E-state index contributed by atoms with van der Waals surface area (Å²) in [6.07, 6.45) is 1.04. The van der Waals surface area contributed by atoms with E-state index in [9.17, 15) is 13.6 Å². The van der Waals surface area contributed by atoms with Gasteiger partial charge in [-0.25, -0.2) is 5.01 Å². The number of carbonyl (C=O) groups excluding carboxylic acids is 1. The van der Waals surface area contributed by atoms with E-state index in [2.05, 4.69) is 9.84 Å². The lowest BCUT2D eigenvalue weighted by molar-refractivity contribution is -0.133. The molecule has 1 unspecified atom stereocenters. The fraction of sp³-hybridized carbons (Fsp3) is 0.333. The first-order chi connectivity index (χ1) is 13.9. The summed E-state index contributed by atoms with van der Waals surface area (Å²) < 4.78 is 34.8. The molecule has 29 heavy (non-hydrogen) atoms. The van der Waals surface area contributed by atoms with Crippen LogP contribution in [-0.4, -0.2) is 30.3 Å². The molecule has 3 rings (SSSR count). The van der Waals surface area contributed by atoms with Crippen molar-refractivity contribution in [3.8, 4) is 11.5 Å². The van der Waals surface area contributed by atoms with E-state index in [-0.39, 0.29) is 23.3 Å². The molecule has 1 atom stereocenters. The predicted molar refractivity (Wildman–Crippen MR) is 106 cm³/mol. The maximum atomic E-state index is 12.6. The Kier molecular flexibility index (Phi) is 6.31. The highest BCUT2D eigenvalue weighted by Crippen LogP contribution is 2.32. The smallest absolute Gasteiger partial charge is 0.387 e. The summed E-state index contributed by atoms with van der Waals surface area (Å²) in [6, 6.07) is 11.9. The van der Waals surface area contributed by atoms with Crippen molar-refractivity contribution >= 4 is 17.3 Å². The molecule has 0 saturated heterocycles. The van der Waals surface area contributed by atoms with Crippen LogP contribution in [0.2, 0.25) is 0 Å². The molecule has 0 saturated carbocycles. The molecule has 0 aliphatic carbocycles. The van der Waals surface area contributed by atoms with E-state index in [1.54, 1.807) is 24.3 Å². The molecular formula is C21H23F2N3O3. The topological polar surface area (TPSA) is 77.2 Å². The van der Waals surface area contributed by atoms with Crippen molar-refractivity contribution < 1.29 is 23.0 Å². The maximum Gasteiger partial charge on any atom is 0.387 e. The zero-order valence-electron chi connectivity index (χ0n) is 16.3. The van der Waals surface area contributed by atoms with Crippen LogP contribution in [0.4, 0.5) is 14.5 Å². The van der Waals surface area contributed by atoms with Crippen LogP contribution in [0, 0.1) is 5.92 Å². The molecule has 0 bridgehead atoms. The average molecular weight is 403 g/mol. The van der Waals surface area contributed by atoms with E-state index in [4.69, 9.17) is 10.5 Å². The SMILES string of the molecule is CCC1CC(=O)N(Cc2ccc(N)cc2)N=C1c1ccc(OC(F)F)c(OC)c1. The molecule has 0 spiro atoms. The molecule has 2 N–H and O–H groups in total. The first-order valence-electron chi connectivity index (χ1n) is 9.27. The predicted octanol–water partition coefficient (Wildman–Crippen LogP) is 4.04. The van der Waals surface area contributed by atoms with Gasteiger partial charge >= 0.3 is 6.61 Å². The van der Waals surface area contributed by atoms with E-state index >= 15 is 0 Å². The van der Waals surface area contributed by atoms with Gasteiger partial charge < -0.3 is 15.2 Å². The van der Waals surface area contributed by atoms with Gasteiger partial charge in [0.05, 0.1) is 19.4 Å². The number of carbonyl (C=O) groups is 1. The monoisotopic (exact) mass is 403 g/mol. The zero-order chi connectivity index (χ0) is 21.0. The fourth-order valence-electron chi connectivity index (χ4n) is 3.25. The number of hydrogen-bond acceptors (Lipinski definition) is 5. The Morgan fingerprint density at radius 3 is 2.55 bits per heavy atom. The standard InChI is InChI=1S/C21H23F2N3O3/c1-3-14-11-19(27)26(12-13-4-7-16(24)8-5-13)25-20(14)15-6-9-17(29-21(22)23)18(10-15)28-2/h4-10,14,21H,3,11-12,24H2,1-2H3. The Morgan fingerprint density at radius 1 is 1.21 bits per heavy atom. The number of hydrogen-bond donors (Lipinski definition) is 1. The quantitative estimate of drug-likeness (QED) is 0.708. The minimum atomic E-state index is -2.95. The number of nitrogens with zero attached hydrogens (tertiary/aromatic N) is 2. The molecule has 8 heteroatoms. The van der Waals surface area contributed by atoms with Gasteiger partial charge in [-0.05, 0) is 42.3 Å². The number of hydrazone groups is 1. The molecule has 0 radical (unpaired) electrons. The van der Waals surface area contributed by atoms with Gasteiger partial charge in [0.15, 0.2) is 11.5 Å². The van der Waals surface area contributed by atoms with E-state index in [1.807, 2.05) is 19.1 Å². The van der Waals surface area contributed by atoms with Crippen molar-refractivity contribution in [1.29, 1.82) is 0 Å². The molecule has 0 aromatic heterocycles. The average Bonchev–Trinajstić information content (AvgIpc) is 2.70. The van der Waals surface area contributed by atoms with Gasteiger partial charge in [-0.2, -0.15) is 13.9 Å². The Labute approximate surface area is 167 Å². The second-order valence-electron chi connectivity index (χ2n) is 6.73. The van der Waals surface area contributed by atoms with Gasteiger partial charge in [0.25, 0.3) is 0 Å². The van der Waals surface area contributed by atoms with E-state index < -0.39 is 6.61 Å². The van der Waals surface area contributed by atoms with Crippen LogP contribution < -0.4 is 15.2 Å². The number of alkyl halides is 2. The van der Waals surface area contributed by atoms with Crippen molar-refractivity contribution in [2.45, 2.75) is 32.9 Å². The summed E-state index contributed by atoms with van der Waals surface area (Å²) in [5.74, 6) is -0.00774. The lowest BCUT2D eigenvalue weighted by Gasteiger charge is -2.29. The second-order valence-corrected chi connectivity index (χ2v) is 6.73. The Hall–Kier alpha value is -3.16. The third-order valence-electron chi connectivity index (χ3n) is 4.80. The molecule has 154 valence electrons. The van der Waals surface area contributed by atoms with Gasteiger partial charge in [0, 0.05) is 23.6 Å². The van der Waals surface area contributed by atoms with E-state index in [0.29, 0.717) is 29.9 Å². The van der Waals surface area contributed by atoms with Crippen molar-refractivity contribution in [3.63, 3.8) is 0 Å². The number of methoxy groups -OCH3 is 1. The number of rotatable bonds is 7. The first-order valence-corrected chi connectivity index (χ1v) is 9.27. The van der Waals surface area contributed by atoms with Gasteiger partial charge in [-0.15, -0.1) is 0 Å². The number of ether oxygens (including phenoxy) is 2. The minimum Gasteiger partial charge on any atom is -0.493 e. The van der Waals surface area contributed by atoms with Crippen LogP contribution in [0.3, 0.4) is 0 Å². The van der Waals surface area contributed by atoms with Crippen LogP contribution >= 0.6 is 0 Å². The molecule has 1 amide bonds. The maximum absolute atomic E-state index is 12.6. The highest BCUT2D eigenvalue weighted by atomic mass is 19.3. The largest absolute Gasteiger partial charge is 0.493 e. The summed E-state index contributed by atoms with van der Waals surface area (Å²) in [5, 5.41) is 6.03. The summed E-state index contributed by atoms with van der Waals surface area (Å²) >= 11 is 0. The third-order valence-corrected chi connectivity index (χ3v) is 4.80. The molecule has 1 aliphatic rings. The molecule has 2 aromatic rings. The Morgan fingerprint density at radius 2 is 1.93 bits per heavy atom. The number of amides is 1. The van der Waals surface area contributed by atoms with Gasteiger partial charge in [0.2, 0.25) is 5.91 Å². The zero-order valence-corrected chi connectivity index (χ0v) is 16.3. The van der Waals surface area contributed by atoms with Crippen molar-refractivity contribution in [1.82, 2.24) is 5.01 Å². The lowest BCUT2D eigenvalue weighted by atomic mass is 9.89. The summed E-state index contributed by atoms with van der Waals surface area (Å²) in [7, 11) is 1.38. The summed E-state index contributed by atoms with van der Waals surface area (Å²) in [6.45, 7) is -0.643. The minimum absolute atomic E-state index is 0.0504. The highest BCUT2D eigenvalue weighted by molar-refractivity contribution is 6.06. The number of nitrogens with two attached hydrogens (primary N) is 1. The Balaban J connectivity index is 1.93. The second kappa shape index (κ2) is 8.89. The summed E-state index contributed by atoms with van der Waals surface area (Å²) in [5.41, 5.74) is 8.68. The van der Waals surface area contributed by atoms with Crippen LogP contribution in [0.5, 0.6) is 11.5 Å². The van der Waals surface area contributed by atoms with Crippen LogP contribution in [-0.2, 0) is 11.3 Å². The summed E-state index contributed by atoms with van der Waals surface area (Å²) in [4.78, 5) is 12.6. The van der Waals surface area contributed by atoms with Crippen LogP contribution in [0.25, 0.3) is 0 Å². The normalized spacial score (nSPS) is 16.7. The van der Waals surface area contributed by atoms with Crippen LogP contribution in [0.15, 0.2) is 47.6 Å². The van der Waals surface area contributed by atoms with E-state index in [1.165, 1.54) is 18.2 Å². The van der Waals surface area contributed by atoms with Gasteiger partial charge in [-0.3, -0.25) is 4.79 Å². The molecule has 1 heterocycles. The third kappa shape index (κ3) is 4.82. The van der Waals surface area contributed by atoms with Gasteiger partial charge in [-0.1, -0.05) is 19.1 Å². The van der Waals surface area contributed by atoms with Crippen molar-refractivity contribution in [2.24, 2.45) is 11.0 Å². The number of nitrogen functional groups attached to an aromatic ring is 1. The van der Waals surface area contributed by atoms with Crippen molar-refractivity contribution in [2.75, 3.05) is 12.8 Å². The van der Waals surface area contributed by atoms with Crippen molar-refractivity contribution in [3.05, 3.63) is 53.6 Å². The molecule has 0 fully saturated rings. The van der Waals surface area contributed by atoms with Crippen LogP contribution in [0.1, 0.15) is 30.9 Å². The highest BCUT2D eigenvalue weighted by Gasteiger charge is 2.30. The van der Waals surface area contributed by atoms with Gasteiger partial charge in [0.1, 0.15) is 0 Å². The lowest BCUT2D eigenvalue weighted by Crippen LogP contribution is -2.36.